The molecule has 3 rings (SSSR count). The van der Waals surface area contributed by atoms with E-state index in [9.17, 15) is 0 Å². The standard InChI is InChI=1S/C17H20N2O2/c1-12(13-4-9-16-17(10-13)21-11-20-16)18-14-5-7-15(8-6-14)19(2)3/h4-10,12,18H,11H2,1-3H3. The smallest absolute Gasteiger partial charge is 0.231 e. The molecule has 1 unspecified atom stereocenters. The van der Waals surface area contributed by atoms with Gasteiger partial charge in [-0.2, -0.15) is 0 Å². The Kier molecular flexibility index (Phi) is 3.60. The van der Waals surface area contributed by atoms with Gasteiger partial charge in [0.15, 0.2) is 11.5 Å². The zero-order valence-electron chi connectivity index (χ0n) is 12.6. The molecule has 0 bridgehead atoms. The predicted molar refractivity (Wildman–Crippen MR) is 85.4 cm³/mol. The average Bonchev–Trinajstić information content (AvgIpc) is 2.95. The summed E-state index contributed by atoms with van der Waals surface area (Å²) in [7, 11) is 4.08. The number of benzene rings is 2. The number of fused-ring (bicyclic) bond motifs is 1. The Morgan fingerprint density at radius 3 is 2.43 bits per heavy atom. The zero-order chi connectivity index (χ0) is 14.8. The van der Waals surface area contributed by atoms with E-state index in [0.717, 1.165) is 17.2 Å². The number of hydrogen-bond donors (Lipinski definition) is 1. The van der Waals surface area contributed by atoms with E-state index in [4.69, 9.17) is 9.47 Å². The van der Waals surface area contributed by atoms with Gasteiger partial charge in [0.1, 0.15) is 0 Å². The van der Waals surface area contributed by atoms with Crippen molar-refractivity contribution in [1.29, 1.82) is 0 Å². The Balaban J connectivity index is 1.72. The highest BCUT2D eigenvalue weighted by atomic mass is 16.7. The number of hydrogen-bond acceptors (Lipinski definition) is 4. The minimum absolute atomic E-state index is 0.199. The fourth-order valence-electron chi connectivity index (χ4n) is 2.37. The predicted octanol–water partition coefficient (Wildman–Crippen LogP) is 3.65. The van der Waals surface area contributed by atoms with Crippen LogP contribution in [0.2, 0.25) is 0 Å². The summed E-state index contributed by atoms with van der Waals surface area (Å²) in [5.41, 5.74) is 3.47. The third-order valence-electron chi connectivity index (χ3n) is 3.66. The fourth-order valence-corrected chi connectivity index (χ4v) is 2.37. The minimum atomic E-state index is 0.199. The Bertz CT molecular complexity index is 623. The molecule has 0 amide bonds. The Morgan fingerprint density at radius 2 is 1.71 bits per heavy atom. The molecule has 0 saturated heterocycles. The van der Waals surface area contributed by atoms with Gasteiger partial charge in [-0.3, -0.25) is 0 Å². The van der Waals surface area contributed by atoms with Crippen LogP contribution in [0.25, 0.3) is 0 Å². The third-order valence-corrected chi connectivity index (χ3v) is 3.66. The van der Waals surface area contributed by atoms with Gasteiger partial charge < -0.3 is 19.7 Å². The molecule has 110 valence electrons. The van der Waals surface area contributed by atoms with E-state index in [0.29, 0.717) is 6.79 Å². The molecule has 0 saturated carbocycles. The van der Waals surface area contributed by atoms with E-state index < -0.39 is 0 Å². The van der Waals surface area contributed by atoms with E-state index in [1.165, 1.54) is 11.3 Å². The molecule has 0 spiro atoms. The summed E-state index contributed by atoms with van der Waals surface area (Å²) in [5, 5.41) is 3.50. The Labute approximate surface area is 125 Å². The van der Waals surface area contributed by atoms with Crippen molar-refractivity contribution in [2.75, 3.05) is 31.1 Å². The third kappa shape index (κ3) is 2.89. The van der Waals surface area contributed by atoms with Gasteiger partial charge in [-0.25, -0.2) is 0 Å². The molecule has 0 radical (unpaired) electrons. The van der Waals surface area contributed by atoms with Crippen LogP contribution in [-0.4, -0.2) is 20.9 Å². The molecule has 1 heterocycles. The monoisotopic (exact) mass is 284 g/mol. The van der Waals surface area contributed by atoms with Crippen LogP contribution in [0.1, 0.15) is 18.5 Å². The molecule has 2 aromatic rings. The second-order valence-corrected chi connectivity index (χ2v) is 5.42. The molecule has 1 atom stereocenters. The number of nitrogens with zero attached hydrogens (tertiary/aromatic N) is 1. The lowest BCUT2D eigenvalue weighted by atomic mass is 10.1. The molecule has 1 N–H and O–H groups in total. The average molecular weight is 284 g/mol. The molecule has 21 heavy (non-hydrogen) atoms. The van der Waals surface area contributed by atoms with E-state index in [1.807, 2.05) is 26.2 Å². The molecule has 2 aromatic carbocycles. The highest BCUT2D eigenvalue weighted by Gasteiger charge is 2.15. The second kappa shape index (κ2) is 5.56. The van der Waals surface area contributed by atoms with Crippen molar-refractivity contribution < 1.29 is 9.47 Å². The highest BCUT2D eigenvalue weighted by molar-refractivity contribution is 5.55. The first-order chi connectivity index (χ1) is 10.1. The highest BCUT2D eigenvalue weighted by Crippen LogP contribution is 2.34. The molecule has 1 aliphatic heterocycles. The van der Waals surface area contributed by atoms with Crippen molar-refractivity contribution in [3.05, 3.63) is 48.0 Å². The molecule has 0 aliphatic carbocycles. The summed E-state index contributed by atoms with van der Waals surface area (Å²) < 4.78 is 10.8. The van der Waals surface area contributed by atoms with Gasteiger partial charge in [0.2, 0.25) is 6.79 Å². The van der Waals surface area contributed by atoms with Crippen LogP contribution >= 0.6 is 0 Å². The van der Waals surface area contributed by atoms with Crippen LogP contribution in [0.5, 0.6) is 11.5 Å². The van der Waals surface area contributed by atoms with Crippen LogP contribution in [-0.2, 0) is 0 Å². The topological polar surface area (TPSA) is 33.7 Å². The summed E-state index contributed by atoms with van der Waals surface area (Å²) in [4.78, 5) is 2.09. The van der Waals surface area contributed by atoms with Crippen molar-refractivity contribution in [1.82, 2.24) is 0 Å². The molecule has 1 aliphatic rings. The summed E-state index contributed by atoms with van der Waals surface area (Å²) in [6.45, 7) is 2.45. The molecule has 0 fully saturated rings. The van der Waals surface area contributed by atoms with E-state index in [-0.39, 0.29) is 6.04 Å². The molecule has 0 aromatic heterocycles. The van der Waals surface area contributed by atoms with Gasteiger partial charge in [0.25, 0.3) is 0 Å². The van der Waals surface area contributed by atoms with E-state index >= 15 is 0 Å². The molecular weight excluding hydrogens is 264 g/mol. The fraction of sp³-hybridized carbons (Fsp3) is 0.294. The Hall–Kier alpha value is -2.36. The SMILES string of the molecule is CC(Nc1ccc(N(C)C)cc1)c1ccc2c(c1)OCO2. The van der Waals surface area contributed by atoms with Crippen LogP contribution in [0, 0.1) is 0 Å². The number of ether oxygens (including phenoxy) is 2. The minimum Gasteiger partial charge on any atom is -0.454 e. The maximum atomic E-state index is 5.43. The summed E-state index contributed by atoms with van der Waals surface area (Å²) in [6.07, 6.45) is 0. The number of nitrogens with one attached hydrogen (secondary N) is 1. The van der Waals surface area contributed by atoms with Crippen LogP contribution < -0.4 is 19.7 Å². The van der Waals surface area contributed by atoms with Gasteiger partial charge in [0, 0.05) is 31.5 Å². The van der Waals surface area contributed by atoms with E-state index in [1.54, 1.807) is 0 Å². The van der Waals surface area contributed by atoms with Gasteiger partial charge >= 0.3 is 0 Å². The second-order valence-electron chi connectivity index (χ2n) is 5.42. The van der Waals surface area contributed by atoms with Crippen molar-refractivity contribution in [3.8, 4) is 11.5 Å². The van der Waals surface area contributed by atoms with E-state index in [2.05, 4.69) is 47.5 Å². The van der Waals surface area contributed by atoms with Crippen molar-refractivity contribution in [2.24, 2.45) is 0 Å². The lowest BCUT2D eigenvalue weighted by Gasteiger charge is -2.18. The molecular formula is C17H20N2O2. The van der Waals surface area contributed by atoms with Crippen LogP contribution in [0.3, 0.4) is 0 Å². The maximum Gasteiger partial charge on any atom is 0.231 e. The van der Waals surface area contributed by atoms with Gasteiger partial charge in [0.05, 0.1) is 0 Å². The van der Waals surface area contributed by atoms with Gasteiger partial charge in [-0.15, -0.1) is 0 Å². The van der Waals surface area contributed by atoms with Crippen molar-refractivity contribution >= 4 is 11.4 Å². The van der Waals surface area contributed by atoms with Crippen molar-refractivity contribution in [2.45, 2.75) is 13.0 Å². The first-order valence-corrected chi connectivity index (χ1v) is 7.07. The van der Waals surface area contributed by atoms with Crippen LogP contribution in [0.15, 0.2) is 42.5 Å². The number of rotatable bonds is 4. The first kappa shape index (κ1) is 13.6. The van der Waals surface area contributed by atoms with Gasteiger partial charge in [-0.1, -0.05) is 6.07 Å². The maximum absolute atomic E-state index is 5.43. The molecule has 4 nitrogen and oxygen atoms in total. The quantitative estimate of drug-likeness (QED) is 0.929. The first-order valence-electron chi connectivity index (χ1n) is 7.07. The lowest BCUT2D eigenvalue weighted by molar-refractivity contribution is 0.174. The van der Waals surface area contributed by atoms with Crippen molar-refractivity contribution in [3.63, 3.8) is 0 Å². The molecule has 4 heteroatoms. The summed E-state index contributed by atoms with van der Waals surface area (Å²) in [6, 6.07) is 14.7. The number of anilines is 2. The van der Waals surface area contributed by atoms with Gasteiger partial charge in [-0.05, 0) is 48.9 Å². The zero-order valence-corrected chi connectivity index (χ0v) is 12.6. The summed E-state index contributed by atoms with van der Waals surface area (Å²) in [5.74, 6) is 1.64. The Morgan fingerprint density at radius 1 is 1.00 bits per heavy atom. The normalized spacial score (nSPS) is 13.9. The lowest BCUT2D eigenvalue weighted by Crippen LogP contribution is -2.09. The van der Waals surface area contributed by atoms with Crippen LogP contribution in [0.4, 0.5) is 11.4 Å². The summed E-state index contributed by atoms with van der Waals surface area (Å²) >= 11 is 0. The largest absolute Gasteiger partial charge is 0.454 e.